The first-order chi connectivity index (χ1) is 10.5. The van der Waals surface area contributed by atoms with Crippen molar-refractivity contribution in [1.29, 1.82) is 0 Å². The van der Waals surface area contributed by atoms with Crippen molar-refractivity contribution in [2.75, 3.05) is 13.6 Å². The van der Waals surface area contributed by atoms with Crippen LogP contribution in [0.3, 0.4) is 0 Å². The minimum atomic E-state index is 0. The quantitative estimate of drug-likeness (QED) is 0.377. The molecule has 2 aromatic rings. The Hall–Kier alpha value is -0.610. The van der Waals surface area contributed by atoms with Crippen molar-refractivity contribution < 1.29 is 0 Å². The molecule has 2 aromatic heterocycles. The van der Waals surface area contributed by atoms with Crippen molar-refractivity contribution in [3.05, 3.63) is 38.5 Å². The maximum absolute atomic E-state index is 4.69. The molecule has 0 atom stereocenters. The molecule has 128 valence electrons. The summed E-state index contributed by atoms with van der Waals surface area (Å²) in [7, 11) is 4.10. The van der Waals surface area contributed by atoms with Crippen molar-refractivity contribution in [1.82, 2.24) is 19.8 Å². The molecule has 2 rings (SSSR count). The van der Waals surface area contributed by atoms with Crippen LogP contribution in [0.25, 0.3) is 0 Å². The number of aliphatic imine (C=N–C) groups is 1. The number of aromatic nitrogens is 2. The number of hydrogen-bond donors (Lipinski definition) is 1. The van der Waals surface area contributed by atoms with Gasteiger partial charge in [-0.2, -0.15) is 0 Å². The Morgan fingerprint density at radius 3 is 2.78 bits per heavy atom. The molecule has 0 saturated carbocycles. The van der Waals surface area contributed by atoms with Crippen LogP contribution in [0.2, 0.25) is 0 Å². The maximum Gasteiger partial charge on any atom is 0.194 e. The van der Waals surface area contributed by atoms with Crippen LogP contribution in [0.1, 0.15) is 22.5 Å². The van der Waals surface area contributed by atoms with E-state index < -0.39 is 0 Å². The highest BCUT2D eigenvalue weighted by Crippen LogP contribution is 2.15. The van der Waals surface area contributed by atoms with E-state index in [1.54, 1.807) is 11.3 Å². The first kappa shape index (κ1) is 20.4. The summed E-state index contributed by atoms with van der Waals surface area (Å²) in [6.07, 6.45) is 3.96. The summed E-state index contributed by atoms with van der Waals surface area (Å²) < 4.78 is 3.22. The third-order valence-electron chi connectivity index (χ3n) is 3.20. The number of guanidine groups is 1. The SMILES string of the molecule is CCNC(=NCc1ncc(C)s1)N(C)Cc1cc(Br)cn1C.I. The summed E-state index contributed by atoms with van der Waals surface area (Å²) in [6.45, 7) is 6.40. The number of aryl methyl sites for hydroxylation is 2. The number of rotatable bonds is 5. The van der Waals surface area contributed by atoms with Gasteiger partial charge in [-0.15, -0.1) is 35.3 Å². The zero-order chi connectivity index (χ0) is 16.1. The normalized spacial score (nSPS) is 11.3. The molecule has 5 nitrogen and oxygen atoms in total. The molecule has 0 saturated heterocycles. The predicted molar refractivity (Wildman–Crippen MR) is 112 cm³/mol. The minimum absolute atomic E-state index is 0. The topological polar surface area (TPSA) is 45.5 Å². The fraction of sp³-hybridized carbons (Fsp3) is 0.467. The first-order valence-electron chi connectivity index (χ1n) is 7.21. The molecular formula is C15H23BrIN5S. The summed E-state index contributed by atoms with van der Waals surface area (Å²) in [6, 6.07) is 2.13. The highest BCUT2D eigenvalue weighted by atomic mass is 127. The molecule has 0 fully saturated rings. The van der Waals surface area contributed by atoms with Gasteiger partial charge in [0, 0.05) is 48.1 Å². The van der Waals surface area contributed by atoms with Crippen molar-refractivity contribution in [3.63, 3.8) is 0 Å². The van der Waals surface area contributed by atoms with E-state index in [4.69, 9.17) is 0 Å². The average molecular weight is 512 g/mol. The average Bonchev–Trinajstić information content (AvgIpc) is 3.00. The number of hydrogen-bond acceptors (Lipinski definition) is 3. The molecule has 8 heteroatoms. The number of halogens is 2. The van der Waals surface area contributed by atoms with Gasteiger partial charge in [-0.3, -0.25) is 0 Å². The molecule has 0 radical (unpaired) electrons. The Kier molecular flexibility index (Phi) is 8.56. The highest BCUT2D eigenvalue weighted by Gasteiger charge is 2.10. The van der Waals surface area contributed by atoms with Gasteiger partial charge in [0.15, 0.2) is 5.96 Å². The van der Waals surface area contributed by atoms with Crippen LogP contribution in [0.15, 0.2) is 27.9 Å². The van der Waals surface area contributed by atoms with E-state index in [0.29, 0.717) is 6.54 Å². The van der Waals surface area contributed by atoms with Crippen LogP contribution in [-0.2, 0) is 20.1 Å². The molecule has 0 aliphatic carbocycles. The van der Waals surface area contributed by atoms with Crippen LogP contribution in [-0.4, -0.2) is 34.0 Å². The van der Waals surface area contributed by atoms with Crippen molar-refractivity contribution in [3.8, 4) is 0 Å². The zero-order valence-corrected chi connectivity index (χ0v) is 18.6. The van der Waals surface area contributed by atoms with Gasteiger partial charge in [-0.05, 0) is 35.8 Å². The lowest BCUT2D eigenvalue weighted by Crippen LogP contribution is -2.38. The van der Waals surface area contributed by atoms with Crippen LogP contribution in [0.4, 0.5) is 0 Å². The van der Waals surface area contributed by atoms with E-state index in [0.717, 1.165) is 28.5 Å². The Labute approximate surface area is 167 Å². The van der Waals surface area contributed by atoms with E-state index in [2.05, 4.69) is 80.9 Å². The molecule has 0 aliphatic heterocycles. The van der Waals surface area contributed by atoms with Gasteiger partial charge in [-0.1, -0.05) is 0 Å². The van der Waals surface area contributed by atoms with Crippen molar-refractivity contribution in [2.45, 2.75) is 26.9 Å². The zero-order valence-electron chi connectivity index (χ0n) is 13.8. The van der Waals surface area contributed by atoms with Crippen molar-refractivity contribution in [2.24, 2.45) is 12.0 Å². The Morgan fingerprint density at radius 1 is 1.52 bits per heavy atom. The standard InChI is InChI=1S/C15H22BrN5S.HI/c1-5-17-15(19-8-14-18-7-11(2)22-14)21(4)10-13-6-12(16)9-20(13)3;/h6-7,9H,5,8,10H2,1-4H3,(H,17,19);1H. The van der Waals surface area contributed by atoms with Crippen molar-refractivity contribution >= 4 is 57.2 Å². The van der Waals surface area contributed by atoms with E-state index in [1.165, 1.54) is 10.6 Å². The van der Waals surface area contributed by atoms with Gasteiger partial charge >= 0.3 is 0 Å². The second kappa shape index (κ2) is 9.63. The molecule has 0 aliphatic rings. The van der Waals surface area contributed by atoms with E-state index >= 15 is 0 Å². The third kappa shape index (κ3) is 6.07. The van der Waals surface area contributed by atoms with Gasteiger partial charge in [0.1, 0.15) is 5.01 Å². The Bertz CT molecular complexity index is 652. The lowest BCUT2D eigenvalue weighted by Gasteiger charge is -2.22. The molecule has 0 spiro atoms. The molecular weight excluding hydrogens is 489 g/mol. The monoisotopic (exact) mass is 511 g/mol. The summed E-state index contributed by atoms with van der Waals surface area (Å²) >= 11 is 5.21. The highest BCUT2D eigenvalue weighted by molar-refractivity contribution is 14.0. The second-order valence-corrected chi connectivity index (χ2v) is 7.39. The van der Waals surface area contributed by atoms with Gasteiger partial charge in [0.05, 0.1) is 13.1 Å². The lowest BCUT2D eigenvalue weighted by atomic mass is 10.4. The third-order valence-corrected chi connectivity index (χ3v) is 4.53. The second-order valence-electron chi connectivity index (χ2n) is 5.15. The summed E-state index contributed by atoms with van der Waals surface area (Å²) in [5, 5.41) is 4.38. The number of thiazole rings is 1. The molecule has 0 amide bonds. The van der Waals surface area contributed by atoms with E-state index in [9.17, 15) is 0 Å². The first-order valence-corrected chi connectivity index (χ1v) is 8.82. The summed E-state index contributed by atoms with van der Waals surface area (Å²) in [5.41, 5.74) is 1.23. The maximum atomic E-state index is 4.69. The van der Waals surface area contributed by atoms with E-state index in [-0.39, 0.29) is 24.0 Å². The fourth-order valence-corrected chi connectivity index (χ4v) is 3.41. The fourth-order valence-electron chi connectivity index (χ4n) is 2.13. The Balaban J connectivity index is 0.00000264. The van der Waals surface area contributed by atoms with Crippen LogP contribution < -0.4 is 5.32 Å². The Morgan fingerprint density at radius 2 is 2.26 bits per heavy atom. The largest absolute Gasteiger partial charge is 0.357 e. The van der Waals surface area contributed by atoms with Gasteiger partial charge in [0.2, 0.25) is 0 Å². The van der Waals surface area contributed by atoms with Crippen LogP contribution in [0.5, 0.6) is 0 Å². The molecule has 23 heavy (non-hydrogen) atoms. The van der Waals surface area contributed by atoms with Crippen LogP contribution >= 0.6 is 51.2 Å². The molecule has 2 heterocycles. The van der Waals surface area contributed by atoms with Gasteiger partial charge in [-0.25, -0.2) is 9.98 Å². The van der Waals surface area contributed by atoms with Gasteiger partial charge < -0.3 is 14.8 Å². The molecule has 0 bridgehead atoms. The number of nitrogens with one attached hydrogen (secondary N) is 1. The minimum Gasteiger partial charge on any atom is -0.357 e. The lowest BCUT2D eigenvalue weighted by molar-refractivity contribution is 0.462. The van der Waals surface area contributed by atoms with Gasteiger partial charge in [0.25, 0.3) is 0 Å². The van der Waals surface area contributed by atoms with Crippen LogP contribution in [0, 0.1) is 6.92 Å². The predicted octanol–water partition coefficient (Wildman–Crippen LogP) is 3.77. The molecule has 0 aromatic carbocycles. The molecule has 1 N–H and O–H groups in total. The van der Waals surface area contributed by atoms with E-state index in [1.807, 2.05) is 6.20 Å². The summed E-state index contributed by atoms with van der Waals surface area (Å²) in [5.74, 6) is 0.896. The number of nitrogens with zero attached hydrogens (tertiary/aromatic N) is 4. The summed E-state index contributed by atoms with van der Waals surface area (Å²) in [4.78, 5) is 12.4. The smallest absolute Gasteiger partial charge is 0.194 e. The molecule has 0 unspecified atom stereocenters.